The fourth-order valence-corrected chi connectivity index (χ4v) is 4.12. The highest BCUT2D eigenvalue weighted by molar-refractivity contribution is 5.96. The fraction of sp³-hybridized carbons (Fsp3) is 0.333. The maximum absolute atomic E-state index is 13.0. The van der Waals surface area contributed by atoms with Gasteiger partial charge in [0.05, 0.1) is 22.6 Å². The van der Waals surface area contributed by atoms with Crippen LogP contribution in [0.15, 0.2) is 54.6 Å². The molecule has 0 radical (unpaired) electrons. The van der Waals surface area contributed by atoms with Gasteiger partial charge >= 0.3 is 0 Å². The maximum atomic E-state index is 13.0. The van der Waals surface area contributed by atoms with E-state index >= 15 is 0 Å². The number of carbonyl (C=O) groups is 1. The van der Waals surface area contributed by atoms with E-state index in [2.05, 4.69) is 33.5 Å². The Balaban J connectivity index is 1.49. The highest BCUT2D eigenvalue weighted by Crippen LogP contribution is 2.19. The van der Waals surface area contributed by atoms with Crippen LogP contribution >= 0.6 is 0 Å². The van der Waals surface area contributed by atoms with E-state index in [4.69, 9.17) is 0 Å². The van der Waals surface area contributed by atoms with Gasteiger partial charge in [-0.1, -0.05) is 42.5 Å². The van der Waals surface area contributed by atoms with Gasteiger partial charge in [-0.05, 0) is 63.0 Å². The van der Waals surface area contributed by atoms with Crippen molar-refractivity contribution < 1.29 is 4.79 Å². The van der Waals surface area contributed by atoms with Crippen molar-refractivity contribution in [2.24, 2.45) is 0 Å². The number of nitrogens with one attached hydrogen (secondary N) is 1. The third-order valence-corrected chi connectivity index (χ3v) is 5.67. The molecule has 1 N–H and O–H groups in total. The minimum Gasteiger partial charge on any atom is -0.348 e. The smallest absolute Gasteiger partial charge is 0.255 e. The average Bonchev–Trinajstić information content (AvgIpc) is 3.35. The van der Waals surface area contributed by atoms with Crippen molar-refractivity contribution in [1.29, 1.82) is 0 Å². The summed E-state index contributed by atoms with van der Waals surface area (Å²) in [6.45, 7) is 7.65. The van der Waals surface area contributed by atoms with Gasteiger partial charge in [-0.15, -0.1) is 0 Å². The predicted molar refractivity (Wildman–Crippen MR) is 115 cm³/mol. The molecule has 2 aromatic carbocycles. The molecule has 3 aromatic rings. The number of aryl methyl sites for hydroxylation is 1. The number of hydrogen-bond donors (Lipinski definition) is 1. The fourth-order valence-electron chi connectivity index (χ4n) is 4.12. The molecule has 1 aliphatic heterocycles. The van der Waals surface area contributed by atoms with Crippen molar-refractivity contribution in [1.82, 2.24) is 20.0 Å². The van der Waals surface area contributed by atoms with E-state index in [-0.39, 0.29) is 5.91 Å². The van der Waals surface area contributed by atoms with Crippen LogP contribution in [0.5, 0.6) is 0 Å². The second-order valence-corrected chi connectivity index (χ2v) is 7.73. The monoisotopic (exact) mass is 388 g/mol. The Hall–Kier alpha value is -2.92. The van der Waals surface area contributed by atoms with Crippen molar-refractivity contribution in [3.05, 3.63) is 82.7 Å². The number of hydrogen-bond acceptors (Lipinski definition) is 3. The van der Waals surface area contributed by atoms with Crippen LogP contribution in [0.3, 0.4) is 0 Å². The number of carbonyl (C=O) groups excluding carboxylic acids is 1. The normalized spacial score (nSPS) is 14.3. The third-order valence-electron chi connectivity index (χ3n) is 5.67. The van der Waals surface area contributed by atoms with Crippen LogP contribution in [0.4, 0.5) is 0 Å². The minimum absolute atomic E-state index is 0.0712. The van der Waals surface area contributed by atoms with E-state index < -0.39 is 0 Å². The molecule has 0 aliphatic carbocycles. The molecule has 2 heterocycles. The van der Waals surface area contributed by atoms with E-state index in [0.717, 1.165) is 36.7 Å². The summed E-state index contributed by atoms with van der Waals surface area (Å²) >= 11 is 0. The Morgan fingerprint density at radius 1 is 0.966 bits per heavy atom. The second kappa shape index (κ2) is 8.62. The molecule has 1 aromatic heterocycles. The molecule has 0 spiro atoms. The van der Waals surface area contributed by atoms with Crippen molar-refractivity contribution in [2.45, 2.75) is 39.8 Å². The number of nitrogens with zero attached hydrogens (tertiary/aromatic N) is 3. The minimum atomic E-state index is -0.0712. The highest BCUT2D eigenvalue weighted by Gasteiger charge is 2.20. The van der Waals surface area contributed by atoms with Crippen LogP contribution in [-0.4, -0.2) is 33.7 Å². The number of para-hydroxylation sites is 1. The van der Waals surface area contributed by atoms with Gasteiger partial charge in [-0.25, -0.2) is 4.68 Å². The Kier molecular flexibility index (Phi) is 5.76. The number of likely N-dealkylation sites (tertiary alicyclic amines) is 1. The molecule has 0 atom stereocenters. The molecule has 4 rings (SSSR count). The van der Waals surface area contributed by atoms with E-state index in [1.807, 2.05) is 54.9 Å². The molecule has 1 saturated heterocycles. The summed E-state index contributed by atoms with van der Waals surface area (Å²) in [6.07, 6.45) is 2.56. The van der Waals surface area contributed by atoms with Crippen molar-refractivity contribution in [3.63, 3.8) is 0 Å². The zero-order valence-electron chi connectivity index (χ0n) is 17.2. The van der Waals surface area contributed by atoms with Crippen molar-refractivity contribution in [3.8, 4) is 5.69 Å². The number of aromatic nitrogens is 2. The summed E-state index contributed by atoms with van der Waals surface area (Å²) in [6, 6.07) is 18.3. The molecule has 1 amide bonds. The zero-order chi connectivity index (χ0) is 20.2. The first kappa shape index (κ1) is 19.4. The van der Waals surface area contributed by atoms with Crippen LogP contribution in [0.1, 0.15) is 45.7 Å². The first-order valence-electron chi connectivity index (χ1n) is 10.3. The lowest BCUT2D eigenvalue weighted by atomic mass is 10.1. The van der Waals surface area contributed by atoms with Crippen molar-refractivity contribution in [2.75, 3.05) is 13.1 Å². The molecule has 150 valence electrons. The molecule has 5 nitrogen and oxygen atoms in total. The topological polar surface area (TPSA) is 50.2 Å². The quantitative estimate of drug-likeness (QED) is 0.694. The summed E-state index contributed by atoms with van der Waals surface area (Å²) < 4.78 is 1.84. The van der Waals surface area contributed by atoms with Gasteiger partial charge in [0, 0.05) is 13.1 Å². The Labute approximate surface area is 172 Å². The van der Waals surface area contributed by atoms with Crippen LogP contribution in [0, 0.1) is 13.8 Å². The molecule has 0 saturated carbocycles. The summed E-state index contributed by atoms with van der Waals surface area (Å²) in [5.41, 5.74) is 5.70. The first-order valence-corrected chi connectivity index (χ1v) is 10.3. The van der Waals surface area contributed by atoms with Gasteiger partial charge in [-0.3, -0.25) is 9.69 Å². The molecule has 0 unspecified atom stereocenters. The molecule has 5 heteroatoms. The average molecular weight is 389 g/mol. The Morgan fingerprint density at radius 2 is 1.62 bits per heavy atom. The van der Waals surface area contributed by atoms with Gasteiger partial charge in [0.15, 0.2) is 0 Å². The summed E-state index contributed by atoms with van der Waals surface area (Å²) in [5.74, 6) is -0.0712. The number of amides is 1. The number of rotatable bonds is 6. The van der Waals surface area contributed by atoms with Gasteiger partial charge in [0.2, 0.25) is 0 Å². The maximum Gasteiger partial charge on any atom is 0.255 e. The second-order valence-electron chi connectivity index (χ2n) is 7.73. The Bertz CT molecular complexity index is 987. The lowest BCUT2D eigenvalue weighted by Crippen LogP contribution is -2.26. The largest absolute Gasteiger partial charge is 0.348 e. The predicted octanol–water partition coefficient (Wildman–Crippen LogP) is 4.01. The van der Waals surface area contributed by atoms with Crippen LogP contribution in [-0.2, 0) is 13.1 Å². The van der Waals surface area contributed by atoms with Crippen LogP contribution < -0.4 is 5.32 Å². The molecule has 1 aliphatic rings. The van der Waals surface area contributed by atoms with E-state index in [1.165, 1.54) is 24.0 Å². The van der Waals surface area contributed by atoms with Gasteiger partial charge < -0.3 is 5.32 Å². The first-order chi connectivity index (χ1) is 14.1. The van der Waals surface area contributed by atoms with Crippen LogP contribution in [0.2, 0.25) is 0 Å². The molecule has 0 bridgehead atoms. The number of benzene rings is 2. The molecular weight excluding hydrogens is 360 g/mol. The van der Waals surface area contributed by atoms with E-state index in [1.54, 1.807) is 0 Å². The zero-order valence-corrected chi connectivity index (χ0v) is 17.2. The lowest BCUT2D eigenvalue weighted by molar-refractivity contribution is 0.0949. The van der Waals surface area contributed by atoms with Gasteiger partial charge in [0.1, 0.15) is 0 Å². The Morgan fingerprint density at radius 3 is 2.34 bits per heavy atom. The SMILES string of the molecule is Cc1nn(-c2ccccc2)c(C)c1C(=O)NCc1ccccc1CN1CCCC1. The van der Waals surface area contributed by atoms with Gasteiger partial charge in [0.25, 0.3) is 5.91 Å². The summed E-state index contributed by atoms with van der Waals surface area (Å²) in [5, 5.41) is 7.71. The summed E-state index contributed by atoms with van der Waals surface area (Å²) in [4.78, 5) is 15.5. The third kappa shape index (κ3) is 4.25. The molecule has 1 fully saturated rings. The lowest BCUT2D eigenvalue weighted by Gasteiger charge is -2.17. The summed E-state index contributed by atoms with van der Waals surface area (Å²) in [7, 11) is 0. The van der Waals surface area contributed by atoms with Crippen molar-refractivity contribution >= 4 is 5.91 Å². The highest BCUT2D eigenvalue weighted by atomic mass is 16.1. The standard InChI is InChI=1S/C24H28N4O/c1-18-23(19(2)28(26-18)22-12-4-3-5-13-22)24(29)25-16-20-10-6-7-11-21(20)17-27-14-8-9-15-27/h3-7,10-13H,8-9,14-17H2,1-2H3,(H,25,29). The van der Waals surface area contributed by atoms with Gasteiger partial charge in [-0.2, -0.15) is 5.10 Å². The molecule has 29 heavy (non-hydrogen) atoms. The van der Waals surface area contributed by atoms with E-state index in [0.29, 0.717) is 12.1 Å². The van der Waals surface area contributed by atoms with Crippen LogP contribution in [0.25, 0.3) is 5.69 Å². The molecular formula is C24H28N4O. The van der Waals surface area contributed by atoms with E-state index in [9.17, 15) is 4.79 Å².